The summed E-state index contributed by atoms with van der Waals surface area (Å²) in [6, 6.07) is 11.7. The number of ether oxygens (including phenoxy) is 2. The molecule has 0 bridgehead atoms. The van der Waals surface area contributed by atoms with E-state index < -0.39 is 0 Å². The van der Waals surface area contributed by atoms with Crippen LogP contribution in [-0.2, 0) is 0 Å². The number of imidazole rings is 1. The second-order valence-corrected chi connectivity index (χ2v) is 5.71. The summed E-state index contributed by atoms with van der Waals surface area (Å²) in [5, 5.41) is 0. The molecule has 0 aliphatic heterocycles. The maximum Gasteiger partial charge on any atom is 0.182 e. The second kappa shape index (κ2) is 5.54. The fraction of sp³-hybridized carbons (Fsp3) is 0.133. The Morgan fingerprint density at radius 1 is 1.10 bits per heavy atom. The normalized spacial score (nSPS) is 10.8. The molecule has 0 aliphatic rings. The SMILES string of the molecule is COc1ccc2[nH]c(=S)n(-c3ccc(OC)c(Br)c3)c2c1. The molecule has 0 radical (unpaired) electrons. The van der Waals surface area contributed by atoms with Crippen molar-refractivity contribution in [1.82, 2.24) is 9.55 Å². The third-order valence-electron chi connectivity index (χ3n) is 3.28. The number of hydrogen-bond donors (Lipinski definition) is 1. The average molecular weight is 365 g/mol. The molecule has 3 aromatic rings. The summed E-state index contributed by atoms with van der Waals surface area (Å²) >= 11 is 8.94. The first-order valence-electron chi connectivity index (χ1n) is 6.26. The van der Waals surface area contributed by atoms with Crippen LogP contribution in [0.15, 0.2) is 40.9 Å². The van der Waals surface area contributed by atoms with Crippen molar-refractivity contribution < 1.29 is 9.47 Å². The first-order chi connectivity index (χ1) is 10.1. The number of H-pyrrole nitrogens is 1. The van der Waals surface area contributed by atoms with Crippen LogP contribution >= 0.6 is 28.1 Å². The van der Waals surface area contributed by atoms with Crippen molar-refractivity contribution in [1.29, 1.82) is 0 Å². The maximum absolute atomic E-state index is 5.44. The van der Waals surface area contributed by atoms with Gasteiger partial charge < -0.3 is 14.5 Å². The van der Waals surface area contributed by atoms with E-state index in [-0.39, 0.29) is 0 Å². The molecule has 1 aromatic heterocycles. The van der Waals surface area contributed by atoms with Crippen LogP contribution in [0.1, 0.15) is 0 Å². The Balaban J connectivity index is 2.26. The van der Waals surface area contributed by atoms with Crippen LogP contribution in [0.4, 0.5) is 0 Å². The average Bonchev–Trinajstić information content (AvgIpc) is 2.81. The largest absolute Gasteiger partial charge is 0.497 e. The highest BCUT2D eigenvalue weighted by molar-refractivity contribution is 9.10. The van der Waals surface area contributed by atoms with Crippen molar-refractivity contribution in [2.75, 3.05) is 14.2 Å². The lowest BCUT2D eigenvalue weighted by atomic mass is 10.2. The molecule has 4 nitrogen and oxygen atoms in total. The van der Waals surface area contributed by atoms with E-state index in [0.29, 0.717) is 4.77 Å². The van der Waals surface area contributed by atoms with Gasteiger partial charge in [0.15, 0.2) is 4.77 Å². The molecule has 0 spiro atoms. The summed E-state index contributed by atoms with van der Waals surface area (Å²) in [6.07, 6.45) is 0. The van der Waals surface area contributed by atoms with Gasteiger partial charge >= 0.3 is 0 Å². The smallest absolute Gasteiger partial charge is 0.182 e. The zero-order valence-corrected chi connectivity index (χ0v) is 13.9. The summed E-state index contributed by atoms with van der Waals surface area (Å²) in [7, 11) is 3.29. The topological polar surface area (TPSA) is 39.2 Å². The minimum Gasteiger partial charge on any atom is -0.497 e. The van der Waals surface area contributed by atoms with E-state index in [4.69, 9.17) is 21.7 Å². The molecule has 0 saturated heterocycles. The summed E-state index contributed by atoms with van der Waals surface area (Å²) in [5.74, 6) is 1.57. The monoisotopic (exact) mass is 364 g/mol. The van der Waals surface area contributed by atoms with Crippen LogP contribution < -0.4 is 9.47 Å². The summed E-state index contributed by atoms with van der Waals surface area (Å²) < 4.78 is 14.0. The van der Waals surface area contributed by atoms with Crippen LogP contribution in [0.2, 0.25) is 0 Å². The molecule has 0 aliphatic carbocycles. The van der Waals surface area contributed by atoms with E-state index in [9.17, 15) is 0 Å². The Hall–Kier alpha value is -1.79. The van der Waals surface area contributed by atoms with Gasteiger partial charge in [-0.15, -0.1) is 0 Å². The second-order valence-electron chi connectivity index (χ2n) is 4.47. The molecule has 2 aromatic carbocycles. The van der Waals surface area contributed by atoms with E-state index in [1.54, 1.807) is 14.2 Å². The summed E-state index contributed by atoms with van der Waals surface area (Å²) in [6.45, 7) is 0. The van der Waals surface area contributed by atoms with E-state index >= 15 is 0 Å². The summed E-state index contributed by atoms with van der Waals surface area (Å²) in [4.78, 5) is 3.20. The molecule has 6 heteroatoms. The van der Waals surface area contributed by atoms with Gasteiger partial charge in [-0.2, -0.15) is 0 Å². The number of fused-ring (bicyclic) bond motifs is 1. The van der Waals surface area contributed by atoms with Crippen molar-refractivity contribution in [3.63, 3.8) is 0 Å². The van der Waals surface area contributed by atoms with Crippen molar-refractivity contribution >= 4 is 39.2 Å². The van der Waals surface area contributed by atoms with Crippen LogP contribution in [0.3, 0.4) is 0 Å². The molecular weight excluding hydrogens is 352 g/mol. The van der Waals surface area contributed by atoms with E-state index in [1.165, 1.54) is 0 Å². The highest BCUT2D eigenvalue weighted by Crippen LogP contribution is 2.30. The van der Waals surface area contributed by atoms with Gasteiger partial charge in [0, 0.05) is 11.8 Å². The molecule has 108 valence electrons. The molecular formula is C15H13BrN2O2S. The molecule has 21 heavy (non-hydrogen) atoms. The van der Waals surface area contributed by atoms with Gasteiger partial charge in [0.05, 0.1) is 29.7 Å². The summed E-state index contributed by atoms with van der Waals surface area (Å²) in [5.41, 5.74) is 2.89. The lowest BCUT2D eigenvalue weighted by Gasteiger charge is -2.09. The number of benzene rings is 2. The predicted molar refractivity (Wildman–Crippen MR) is 89.3 cm³/mol. The number of halogens is 1. The Labute approximate surface area is 135 Å². The van der Waals surface area contributed by atoms with Crippen molar-refractivity contribution in [2.24, 2.45) is 0 Å². The highest BCUT2D eigenvalue weighted by Gasteiger charge is 2.10. The first kappa shape index (κ1) is 14.2. The predicted octanol–water partition coefficient (Wildman–Crippen LogP) is 4.47. The van der Waals surface area contributed by atoms with Crippen molar-refractivity contribution in [3.05, 3.63) is 45.6 Å². The molecule has 1 heterocycles. The highest BCUT2D eigenvalue weighted by atomic mass is 79.9. The number of rotatable bonds is 3. The maximum atomic E-state index is 5.44. The zero-order chi connectivity index (χ0) is 15.0. The minimum atomic E-state index is 0.635. The van der Waals surface area contributed by atoms with Gasteiger partial charge in [0.1, 0.15) is 11.5 Å². The quantitative estimate of drug-likeness (QED) is 0.697. The van der Waals surface area contributed by atoms with E-state index in [2.05, 4.69) is 20.9 Å². The standard InChI is InChI=1S/C15H13BrN2O2S/c1-19-10-4-5-12-13(8-10)18(15(21)17-12)9-3-6-14(20-2)11(16)7-9/h3-8H,1-2H3,(H,17,21). The molecule has 3 rings (SSSR count). The van der Waals surface area contributed by atoms with Gasteiger partial charge in [0.25, 0.3) is 0 Å². The van der Waals surface area contributed by atoms with Crippen LogP contribution in [-0.4, -0.2) is 23.8 Å². The van der Waals surface area contributed by atoms with Gasteiger partial charge in [-0.25, -0.2) is 0 Å². The van der Waals surface area contributed by atoms with E-state index in [0.717, 1.165) is 32.7 Å². The van der Waals surface area contributed by atoms with Crippen LogP contribution in [0, 0.1) is 4.77 Å². The van der Waals surface area contributed by atoms with Crippen LogP contribution in [0.25, 0.3) is 16.7 Å². The Morgan fingerprint density at radius 2 is 1.90 bits per heavy atom. The fourth-order valence-electron chi connectivity index (χ4n) is 2.26. The Morgan fingerprint density at radius 3 is 2.57 bits per heavy atom. The minimum absolute atomic E-state index is 0.635. The van der Waals surface area contributed by atoms with Gasteiger partial charge in [-0.1, -0.05) is 0 Å². The lowest BCUT2D eigenvalue weighted by Crippen LogP contribution is -1.95. The van der Waals surface area contributed by atoms with Crippen molar-refractivity contribution in [3.8, 4) is 17.2 Å². The molecule has 0 fully saturated rings. The molecule has 0 atom stereocenters. The lowest BCUT2D eigenvalue weighted by molar-refractivity contribution is 0.412. The molecule has 1 N–H and O–H groups in total. The van der Waals surface area contributed by atoms with Gasteiger partial charge in [-0.3, -0.25) is 4.57 Å². The number of aromatic amines is 1. The van der Waals surface area contributed by atoms with Crippen LogP contribution in [0.5, 0.6) is 11.5 Å². The number of methoxy groups -OCH3 is 2. The molecule has 0 amide bonds. The fourth-order valence-corrected chi connectivity index (χ4v) is 3.10. The zero-order valence-electron chi connectivity index (χ0n) is 11.5. The van der Waals surface area contributed by atoms with E-state index in [1.807, 2.05) is 41.0 Å². The van der Waals surface area contributed by atoms with Gasteiger partial charge in [0.2, 0.25) is 0 Å². The molecule has 0 saturated carbocycles. The number of hydrogen-bond acceptors (Lipinski definition) is 3. The third kappa shape index (κ3) is 2.45. The molecule has 0 unspecified atom stereocenters. The Kier molecular flexibility index (Phi) is 3.73. The number of nitrogens with one attached hydrogen (secondary N) is 1. The Bertz CT molecular complexity index is 870. The third-order valence-corrected chi connectivity index (χ3v) is 4.19. The van der Waals surface area contributed by atoms with Gasteiger partial charge in [-0.05, 0) is 58.5 Å². The van der Waals surface area contributed by atoms with Crippen molar-refractivity contribution in [2.45, 2.75) is 0 Å². The number of nitrogens with zero attached hydrogens (tertiary/aromatic N) is 1. The first-order valence-corrected chi connectivity index (χ1v) is 7.47. The number of aromatic nitrogens is 2.